The molecule has 2 rings (SSSR count). The van der Waals surface area contributed by atoms with Crippen molar-refractivity contribution in [1.82, 2.24) is 4.57 Å². The summed E-state index contributed by atoms with van der Waals surface area (Å²) in [6.07, 6.45) is 1.16. The van der Waals surface area contributed by atoms with Gasteiger partial charge in [0.2, 0.25) is 5.91 Å². The molecule has 0 aliphatic rings. The van der Waals surface area contributed by atoms with Crippen molar-refractivity contribution < 1.29 is 14.3 Å². The molecule has 0 aliphatic heterocycles. The molecular weight excluding hydrogens is 336 g/mol. The van der Waals surface area contributed by atoms with Crippen molar-refractivity contribution in [1.29, 1.82) is 10.5 Å². The first-order valence-corrected chi connectivity index (χ1v) is 7.47. The minimum atomic E-state index is -0.736. The summed E-state index contributed by atoms with van der Waals surface area (Å²) in [5, 5.41) is 18.1. The van der Waals surface area contributed by atoms with Crippen LogP contribution >= 0.6 is 0 Å². The molecule has 0 radical (unpaired) electrons. The molecule has 0 N–H and O–H groups in total. The Hall–Kier alpha value is -3.91. The summed E-state index contributed by atoms with van der Waals surface area (Å²) in [6.45, 7) is -0.645. The zero-order chi connectivity index (χ0) is 19.1. The highest BCUT2D eigenvalue weighted by atomic mass is 16.5. The third-order valence-corrected chi connectivity index (χ3v) is 3.53. The topological polar surface area (TPSA) is 116 Å². The fourth-order valence-corrected chi connectivity index (χ4v) is 2.30. The lowest BCUT2D eigenvalue weighted by Crippen LogP contribution is -2.37. The van der Waals surface area contributed by atoms with Crippen LogP contribution in [-0.4, -0.2) is 30.1 Å². The van der Waals surface area contributed by atoms with Gasteiger partial charge in [-0.3, -0.25) is 14.5 Å². The van der Waals surface area contributed by atoms with Crippen molar-refractivity contribution in [2.75, 3.05) is 18.6 Å². The second-order valence-electron chi connectivity index (χ2n) is 5.15. The van der Waals surface area contributed by atoms with E-state index in [1.807, 2.05) is 6.07 Å². The van der Waals surface area contributed by atoms with Gasteiger partial charge in [0.1, 0.15) is 24.7 Å². The molecule has 8 heteroatoms. The number of rotatable bonds is 5. The van der Waals surface area contributed by atoms with Crippen LogP contribution < -0.4 is 10.5 Å². The van der Waals surface area contributed by atoms with Crippen molar-refractivity contribution in [3.8, 4) is 12.1 Å². The number of benzene rings is 1. The summed E-state index contributed by atoms with van der Waals surface area (Å²) in [6, 6.07) is 13.2. The van der Waals surface area contributed by atoms with E-state index in [1.165, 1.54) is 12.0 Å². The number of methoxy groups -OCH3 is 1. The van der Waals surface area contributed by atoms with Gasteiger partial charge in [-0.1, -0.05) is 18.2 Å². The van der Waals surface area contributed by atoms with E-state index in [4.69, 9.17) is 10.5 Å². The van der Waals surface area contributed by atoms with Gasteiger partial charge in [-0.25, -0.2) is 4.79 Å². The molecule has 0 saturated heterocycles. The molecule has 1 heterocycles. The highest BCUT2D eigenvalue weighted by Gasteiger charge is 2.19. The van der Waals surface area contributed by atoms with Crippen molar-refractivity contribution in [3.05, 3.63) is 64.1 Å². The van der Waals surface area contributed by atoms with Crippen LogP contribution in [0, 0.1) is 22.7 Å². The Morgan fingerprint density at radius 3 is 2.50 bits per heavy atom. The molecule has 0 bridgehead atoms. The number of carbonyl (C=O) groups excluding carboxylic acids is 2. The van der Waals surface area contributed by atoms with Gasteiger partial charge in [-0.15, -0.1) is 0 Å². The Morgan fingerprint density at radius 2 is 1.92 bits per heavy atom. The SMILES string of the molecule is COC(=O)c1cc(C#N)c(=O)n(CC(=O)N(CC#N)c2ccccc2)c1. The number of anilines is 1. The molecule has 130 valence electrons. The molecule has 1 aromatic carbocycles. The van der Waals surface area contributed by atoms with E-state index < -0.39 is 24.0 Å². The van der Waals surface area contributed by atoms with Gasteiger partial charge in [-0.2, -0.15) is 10.5 Å². The number of nitriles is 2. The number of ether oxygens (including phenoxy) is 1. The van der Waals surface area contributed by atoms with Gasteiger partial charge in [0.05, 0.1) is 18.7 Å². The second kappa shape index (κ2) is 8.27. The van der Waals surface area contributed by atoms with Crippen molar-refractivity contribution in [3.63, 3.8) is 0 Å². The van der Waals surface area contributed by atoms with E-state index in [2.05, 4.69) is 4.74 Å². The summed E-state index contributed by atoms with van der Waals surface area (Å²) in [5.74, 6) is -1.27. The number of amides is 1. The average molecular weight is 350 g/mol. The first kappa shape index (κ1) is 18.4. The third kappa shape index (κ3) is 3.94. The predicted octanol–water partition coefficient (Wildman–Crippen LogP) is 1.06. The number of hydrogen-bond acceptors (Lipinski definition) is 6. The van der Waals surface area contributed by atoms with E-state index in [-0.39, 0.29) is 17.7 Å². The minimum absolute atomic E-state index is 0.0250. The summed E-state index contributed by atoms with van der Waals surface area (Å²) in [4.78, 5) is 37.8. The molecule has 0 unspecified atom stereocenters. The monoisotopic (exact) mass is 350 g/mol. The first-order chi connectivity index (χ1) is 12.5. The van der Waals surface area contributed by atoms with Crippen molar-refractivity contribution in [2.24, 2.45) is 0 Å². The molecule has 0 fully saturated rings. The standard InChI is InChI=1S/C18H14N4O4/c1-26-18(25)14-9-13(10-20)17(24)21(11-14)12-16(23)22(8-7-19)15-5-3-2-4-6-15/h2-6,9,11H,8,12H2,1H3. The van der Waals surface area contributed by atoms with E-state index >= 15 is 0 Å². The van der Waals surface area contributed by atoms with Gasteiger partial charge in [0.15, 0.2) is 0 Å². The predicted molar refractivity (Wildman–Crippen MR) is 91.2 cm³/mol. The van der Waals surface area contributed by atoms with Crippen molar-refractivity contribution >= 4 is 17.6 Å². The molecule has 1 aromatic heterocycles. The summed E-state index contributed by atoms with van der Waals surface area (Å²) >= 11 is 0. The lowest BCUT2D eigenvalue weighted by Gasteiger charge is -2.20. The van der Waals surface area contributed by atoms with Crippen LogP contribution in [0.15, 0.2) is 47.4 Å². The van der Waals surface area contributed by atoms with Gasteiger partial charge >= 0.3 is 5.97 Å². The van der Waals surface area contributed by atoms with Crippen LogP contribution in [0.4, 0.5) is 5.69 Å². The highest BCUT2D eigenvalue weighted by Crippen LogP contribution is 2.13. The number of carbonyl (C=O) groups is 2. The Balaban J connectivity index is 2.41. The maximum atomic E-state index is 12.6. The van der Waals surface area contributed by atoms with Crippen LogP contribution in [0.25, 0.3) is 0 Å². The van der Waals surface area contributed by atoms with Crippen LogP contribution in [-0.2, 0) is 16.1 Å². The number of esters is 1. The molecule has 1 amide bonds. The Bertz CT molecular complexity index is 967. The number of aromatic nitrogens is 1. The number of nitrogens with zero attached hydrogens (tertiary/aromatic N) is 4. The zero-order valence-corrected chi connectivity index (χ0v) is 13.9. The Labute approximate surface area is 149 Å². The average Bonchev–Trinajstić information content (AvgIpc) is 2.67. The van der Waals surface area contributed by atoms with Crippen LogP contribution in [0.1, 0.15) is 15.9 Å². The Kier molecular flexibility index (Phi) is 5.86. The highest BCUT2D eigenvalue weighted by molar-refractivity contribution is 5.94. The molecule has 0 atom stereocenters. The number of pyridine rings is 1. The van der Waals surface area contributed by atoms with E-state index in [0.29, 0.717) is 5.69 Å². The van der Waals surface area contributed by atoms with Crippen LogP contribution in [0.2, 0.25) is 0 Å². The molecule has 8 nitrogen and oxygen atoms in total. The van der Waals surface area contributed by atoms with Crippen LogP contribution in [0.5, 0.6) is 0 Å². The Morgan fingerprint density at radius 1 is 1.23 bits per heavy atom. The molecule has 0 spiro atoms. The zero-order valence-electron chi connectivity index (χ0n) is 13.9. The molecule has 0 aliphatic carbocycles. The van der Waals surface area contributed by atoms with E-state index in [1.54, 1.807) is 36.4 Å². The smallest absolute Gasteiger partial charge is 0.339 e. The fourth-order valence-electron chi connectivity index (χ4n) is 2.30. The number of para-hydroxylation sites is 1. The second-order valence-corrected chi connectivity index (χ2v) is 5.15. The van der Waals surface area contributed by atoms with Gasteiger partial charge < -0.3 is 9.30 Å². The quantitative estimate of drug-likeness (QED) is 0.588. The molecule has 0 saturated carbocycles. The third-order valence-electron chi connectivity index (χ3n) is 3.53. The number of hydrogen-bond donors (Lipinski definition) is 0. The maximum Gasteiger partial charge on any atom is 0.339 e. The summed E-state index contributed by atoms with van der Waals surface area (Å²) < 4.78 is 5.55. The van der Waals surface area contributed by atoms with Crippen molar-refractivity contribution in [2.45, 2.75) is 6.54 Å². The minimum Gasteiger partial charge on any atom is -0.465 e. The van der Waals surface area contributed by atoms with E-state index in [9.17, 15) is 14.4 Å². The van der Waals surface area contributed by atoms with Gasteiger partial charge in [-0.05, 0) is 18.2 Å². The fraction of sp³-hybridized carbons (Fsp3) is 0.167. The van der Waals surface area contributed by atoms with Crippen LogP contribution in [0.3, 0.4) is 0 Å². The largest absolute Gasteiger partial charge is 0.465 e. The normalized spacial score (nSPS) is 9.65. The maximum absolute atomic E-state index is 12.6. The molecule has 2 aromatic rings. The van der Waals surface area contributed by atoms with E-state index in [0.717, 1.165) is 16.8 Å². The molecular formula is C18H14N4O4. The molecule has 26 heavy (non-hydrogen) atoms. The first-order valence-electron chi connectivity index (χ1n) is 7.47. The van der Waals surface area contributed by atoms with Gasteiger partial charge in [0, 0.05) is 11.9 Å². The summed E-state index contributed by atoms with van der Waals surface area (Å²) in [5.41, 5.74) is -0.523. The van der Waals surface area contributed by atoms with Gasteiger partial charge in [0.25, 0.3) is 5.56 Å². The lowest BCUT2D eigenvalue weighted by molar-refractivity contribution is -0.119. The summed E-state index contributed by atoms with van der Waals surface area (Å²) in [7, 11) is 1.17. The lowest BCUT2D eigenvalue weighted by atomic mass is 10.2.